The second kappa shape index (κ2) is 3.79. The number of hydrogen-bond acceptors (Lipinski definition) is 3. The van der Waals surface area contributed by atoms with E-state index in [2.05, 4.69) is 4.98 Å². The molecule has 0 spiro atoms. The molecule has 0 radical (unpaired) electrons. The lowest BCUT2D eigenvalue weighted by Gasteiger charge is -2.03. The zero-order valence-electron chi connectivity index (χ0n) is 9.22. The molecular weight excluding hydrogens is 204 g/mol. The molecule has 0 N–H and O–H groups in total. The number of ether oxygens (including phenoxy) is 2. The molecule has 1 atom stereocenters. The van der Waals surface area contributed by atoms with Crippen molar-refractivity contribution in [2.45, 2.75) is 18.9 Å². The number of pyridine rings is 1. The number of aromatic nitrogens is 2. The average molecular weight is 218 g/mol. The predicted molar refractivity (Wildman–Crippen MR) is 59.7 cm³/mol. The number of fused-ring (bicyclic) bond motifs is 1. The number of methoxy groups -OCH3 is 1. The van der Waals surface area contributed by atoms with E-state index in [4.69, 9.17) is 9.47 Å². The molecule has 0 amide bonds. The summed E-state index contributed by atoms with van der Waals surface area (Å²) >= 11 is 0. The molecule has 16 heavy (non-hydrogen) atoms. The maximum absolute atomic E-state index is 5.62. The lowest BCUT2D eigenvalue weighted by Crippen LogP contribution is -1.94. The van der Waals surface area contributed by atoms with Crippen LogP contribution in [0.4, 0.5) is 0 Å². The van der Waals surface area contributed by atoms with Crippen molar-refractivity contribution >= 4 is 5.65 Å². The summed E-state index contributed by atoms with van der Waals surface area (Å²) in [6.07, 6.45) is 6.32. The van der Waals surface area contributed by atoms with E-state index in [0.717, 1.165) is 36.5 Å². The van der Waals surface area contributed by atoms with Gasteiger partial charge in [0.2, 0.25) is 0 Å². The highest BCUT2D eigenvalue weighted by atomic mass is 16.5. The third-order valence-electron chi connectivity index (χ3n) is 2.94. The normalized spacial score (nSPS) is 20.4. The predicted octanol–water partition coefficient (Wildman–Crippen LogP) is 2.19. The number of hydrogen-bond donors (Lipinski definition) is 0. The van der Waals surface area contributed by atoms with Gasteiger partial charge < -0.3 is 13.9 Å². The minimum atomic E-state index is 0.172. The molecular formula is C12H14N2O2. The highest BCUT2D eigenvalue weighted by molar-refractivity contribution is 5.43. The van der Waals surface area contributed by atoms with Crippen molar-refractivity contribution in [2.75, 3.05) is 13.7 Å². The zero-order valence-corrected chi connectivity index (χ0v) is 9.22. The first kappa shape index (κ1) is 9.66. The summed E-state index contributed by atoms with van der Waals surface area (Å²) in [5.41, 5.74) is 1.96. The second-order valence-corrected chi connectivity index (χ2v) is 4.00. The summed E-state index contributed by atoms with van der Waals surface area (Å²) in [4.78, 5) is 4.55. The number of nitrogens with zero attached hydrogens (tertiary/aromatic N) is 2. The van der Waals surface area contributed by atoms with Crippen LogP contribution in [0.25, 0.3) is 5.65 Å². The third kappa shape index (κ3) is 1.55. The zero-order chi connectivity index (χ0) is 11.0. The lowest BCUT2D eigenvalue weighted by atomic mass is 10.2. The first-order valence-corrected chi connectivity index (χ1v) is 5.51. The van der Waals surface area contributed by atoms with Gasteiger partial charge in [-0.1, -0.05) is 0 Å². The lowest BCUT2D eigenvalue weighted by molar-refractivity contribution is 0.109. The fourth-order valence-corrected chi connectivity index (χ4v) is 2.08. The fourth-order valence-electron chi connectivity index (χ4n) is 2.08. The maximum atomic E-state index is 5.62. The summed E-state index contributed by atoms with van der Waals surface area (Å²) < 4.78 is 12.8. The first-order chi connectivity index (χ1) is 7.86. The van der Waals surface area contributed by atoms with Gasteiger partial charge in [-0.05, 0) is 25.0 Å². The van der Waals surface area contributed by atoms with E-state index in [1.807, 2.05) is 28.9 Å². The Bertz CT molecular complexity index is 501. The molecule has 0 saturated carbocycles. The highest BCUT2D eigenvalue weighted by Gasteiger charge is 2.20. The highest BCUT2D eigenvalue weighted by Crippen LogP contribution is 2.28. The van der Waals surface area contributed by atoms with Crippen LogP contribution in [0, 0.1) is 0 Å². The summed E-state index contributed by atoms with van der Waals surface area (Å²) in [5.74, 6) is 0.837. The molecule has 1 saturated heterocycles. The molecule has 1 fully saturated rings. The van der Waals surface area contributed by atoms with Crippen LogP contribution in [0.3, 0.4) is 0 Å². The summed E-state index contributed by atoms with van der Waals surface area (Å²) in [6, 6.07) is 3.87. The standard InChI is InChI=1S/C12H14N2O2/c1-15-9-4-5-12-13-10(8-14(12)7-9)11-3-2-6-16-11/h4-5,7-8,11H,2-3,6H2,1H3. The third-order valence-corrected chi connectivity index (χ3v) is 2.94. The van der Waals surface area contributed by atoms with Gasteiger partial charge in [-0.3, -0.25) is 0 Å². The second-order valence-electron chi connectivity index (χ2n) is 4.00. The van der Waals surface area contributed by atoms with E-state index in [-0.39, 0.29) is 6.10 Å². The monoisotopic (exact) mass is 218 g/mol. The van der Waals surface area contributed by atoms with Crippen molar-refractivity contribution in [3.8, 4) is 5.75 Å². The van der Waals surface area contributed by atoms with Gasteiger partial charge in [-0.2, -0.15) is 0 Å². The maximum Gasteiger partial charge on any atom is 0.137 e. The van der Waals surface area contributed by atoms with E-state index in [1.54, 1.807) is 7.11 Å². The van der Waals surface area contributed by atoms with Gasteiger partial charge in [-0.25, -0.2) is 4.98 Å². The van der Waals surface area contributed by atoms with Crippen LogP contribution < -0.4 is 4.74 Å². The molecule has 4 heteroatoms. The van der Waals surface area contributed by atoms with Gasteiger partial charge in [0.05, 0.1) is 19.0 Å². The molecule has 1 aliphatic rings. The molecule has 1 aliphatic heterocycles. The molecule has 1 unspecified atom stereocenters. The Morgan fingerprint density at radius 2 is 2.38 bits per heavy atom. The quantitative estimate of drug-likeness (QED) is 0.775. The van der Waals surface area contributed by atoms with Crippen LogP contribution in [-0.4, -0.2) is 23.1 Å². The van der Waals surface area contributed by atoms with E-state index in [9.17, 15) is 0 Å². The van der Waals surface area contributed by atoms with Gasteiger partial charge in [-0.15, -0.1) is 0 Å². The molecule has 2 aromatic heterocycles. The van der Waals surface area contributed by atoms with Crippen molar-refractivity contribution in [1.82, 2.24) is 9.38 Å². The van der Waals surface area contributed by atoms with Crippen LogP contribution in [0.5, 0.6) is 5.75 Å². The van der Waals surface area contributed by atoms with E-state index in [0.29, 0.717) is 0 Å². The first-order valence-electron chi connectivity index (χ1n) is 5.51. The molecule has 84 valence electrons. The minimum absolute atomic E-state index is 0.172. The van der Waals surface area contributed by atoms with Crippen molar-refractivity contribution in [2.24, 2.45) is 0 Å². The van der Waals surface area contributed by atoms with E-state index < -0.39 is 0 Å². The SMILES string of the molecule is COc1ccc2nc(C3CCCO3)cn2c1. The van der Waals surface area contributed by atoms with Crippen LogP contribution in [0.15, 0.2) is 24.5 Å². The molecule has 3 rings (SSSR count). The topological polar surface area (TPSA) is 35.8 Å². The molecule has 0 aliphatic carbocycles. The number of rotatable bonds is 2. The summed E-state index contributed by atoms with van der Waals surface area (Å²) in [5, 5.41) is 0. The molecule has 3 heterocycles. The Labute approximate surface area is 93.8 Å². The molecule has 0 aromatic carbocycles. The summed E-state index contributed by atoms with van der Waals surface area (Å²) in [7, 11) is 1.67. The van der Waals surface area contributed by atoms with Crippen LogP contribution in [-0.2, 0) is 4.74 Å². The average Bonchev–Trinajstić information content (AvgIpc) is 2.96. The van der Waals surface area contributed by atoms with Crippen molar-refractivity contribution in [3.05, 3.63) is 30.2 Å². The Balaban J connectivity index is 2.01. The van der Waals surface area contributed by atoms with Crippen LogP contribution in [0.1, 0.15) is 24.6 Å². The van der Waals surface area contributed by atoms with Gasteiger partial charge in [0.25, 0.3) is 0 Å². The van der Waals surface area contributed by atoms with E-state index >= 15 is 0 Å². The summed E-state index contributed by atoms with van der Waals surface area (Å²) in [6.45, 7) is 0.849. The Kier molecular flexibility index (Phi) is 2.29. The fraction of sp³-hybridized carbons (Fsp3) is 0.417. The van der Waals surface area contributed by atoms with Gasteiger partial charge >= 0.3 is 0 Å². The Morgan fingerprint density at radius 3 is 3.12 bits per heavy atom. The van der Waals surface area contributed by atoms with Crippen molar-refractivity contribution in [3.63, 3.8) is 0 Å². The Hall–Kier alpha value is -1.55. The minimum Gasteiger partial charge on any atom is -0.495 e. The molecule has 0 bridgehead atoms. The van der Waals surface area contributed by atoms with Crippen molar-refractivity contribution in [1.29, 1.82) is 0 Å². The van der Waals surface area contributed by atoms with Gasteiger partial charge in [0.15, 0.2) is 0 Å². The largest absolute Gasteiger partial charge is 0.495 e. The number of imidazole rings is 1. The molecule has 2 aromatic rings. The molecule has 4 nitrogen and oxygen atoms in total. The van der Waals surface area contributed by atoms with E-state index in [1.165, 1.54) is 0 Å². The van der Waals surface area contributed by atoms with Crippen LogP contribution in [0.2, 0.25) is 0 Å². The van der Waals surface area contributed by atoms with Crippen molar-refractivity contribution < 1.29 is 9.47 Å². The van der Waals surface area contributed by atoms with Gasteiger partial charge in [0, 0.05) is 12.8 Å². The van der Waals surface area contributed by atoms with Crippen LogP contribution >= 0.6 is 0 Å². The Morgan fingerprint density at radius 1 is 1.44 bits per heavy atom. The smallest absolute Gasteiger partial charge is 0.137 e. The van der Waals surface area contributed by atoms with Gasteiger partial charge in [0.1, 0.15) is 17.5 Å².